The normalized spacial score (nSPS) is 11.6. The van der Waals surface area contributed by atoms with Crippen LogP contribution in [0.25, 0.3) is 0 Å². The zero-order chi connectivity index (χ0) is 10.6. The molecule has 14 heavy (non-hydrogen) atoms. The minimum absolute atomic E-state index is 0.0200. The van der Waals surface area contributed by atoms with Crippen LogP contribution in [-0.2, 0) is 6.54 Å². The lowest BCUT2D eigenvalue weighted by Crippen LogP contribution is -2.28. The van der Waals surface area contributed by atoms with Gasteiger partial charge in [0.1, 0.15) is 0 Å². The monoisotopic (exact) mass is 205 g/mol. The van der Waals surface area contributed by atoms with Crippen LogP contribution in [0, 0.1) is 0 Å². The lowest BCUT2D eigenvalue weighted by Gasteiger charge is -2.08. The van der Waals surface area contributed by atoms with Crippen molar-refractivity contribution in [3.63, 3.8) is 0 Å². The first-order valence-electron chi connectivity index (χ1n) is 3.96. The standard InChI is InChI=1S/C8H10F3N3/c9-8(10,11)5-13-4-7-6(12)2-1-3-14-7/h1-3,13H,4-5,12H2. The number of alkyl halides is 3. The molecule has 0 saturated carbocycles. The summed E-state index contributed by atoms with van der Waals surface area (Å²) in [6.45, 7) is -1.02. The van der Waals surface area contributed by atoms with Gasteiger partial charge in [-0.2, -0.15) is 13.2 Å². The van der Waals surface area contributed by atoms with Gasteiger partial charge in [-0.1, -0.05) is 0 Å². The number of nitrogens with zero attached hydrogens (tertiary/aromatic N) is 1. The number of anilines is 1. The van der Waals surface area contributed by atoms with E-state index >= 15 is 0 Å². The van der Waals surface area contributed by atoms with Gasteiger partial charge >= 0.3 is 6.18 Å². The Labute approximate surface area is 79.1 Å². The minimum atomic E-state index is -4.20. The van der Waals surface area contributed by atoms with Crippen LogP contribution in [0.3, 0.4) is 0 Å². The van der Waals surface area contributed by atoms with Gasteiger partial charge in [0.05, 0.1) is 17.9 Å². The molecule has 0 fully saturated rings. The summed E-state index contributed by atoms with van der Waals surface area (Å²) in [4.78, 5) is 3.84. The molecule has 0 aromatic carbocycles. The molecule has 1 aromatic heterocycles. The summed E-state index contributed by atoms with van der Waals surface area (Å²) in [5, 5.41) is 2.21. The molecule has 0 aliphatic rings. The Morgan fingerprint density at radius 1 is 1.43 bits per heavy atom. The first kappa shape index (κ1) is 10.8. The van der Waals surface area contributed by atoms with Crippen molar-refractivity contribution in [3.05, 3.63) is 24.0 Å². The van der Waals surface area contributed by atoms with Crippen LogP contribution in [0.5, 0.6) is 0 Å². The van der Waals surface area contributed by atoms with E-state index in [9.17, 15) is 13.2 Å². The number of hydrogen-bond acceptors (Lipinski definition) is 3. The molecular formula is C8H10F3N3. The lowest BCUT2D eigenvalue weighted by atomic mass is 10.3. The van der Waals surface area contributed by atoms with E-state index < -0.39 is 12.7 Å². The average molecular weight is 205 g/mol. The van der Waals surface area contributed by atoms with Crippen LogP contribution in [0.1, 0.15) is 5.69 Å². The molecule has 0 aliphatic heterocycles. The van der Waals surface area contributed by atoms with Gasteiger partial charge in [0.15, 0.2) is 0 Å². The van der Waals surface area contributed by atoms with Gasteiger partial charge in [0.2, 0.25) is 0 Å². The van der Waals surface area contributed by atoms with E-state index in [0.29, 0.717) is 11.4 Å². The van der Waals surface area contributed by atoms with Crippen molar-refractivity contribution in [1.29, 1.82) is 0 Å². The molecule has 1 heterocycles. The summed E-state index contributed by atoms with van der Waals surface area (Å²) in [5.41, 5.74) is 6.31. The van der Waals surface area contributed by atoms with E-state index in [1.165, 1.54) is 6.20 Å². The fraction of sp³-hybridized carbons (Fsp3) is 0.375. The summed E-state index contributed by atoms with van der Waals surface area (Å²) in [6, 6.07) is 3.22. The Balaban J connectivity index is 2.43. The summed E-state index contributed by atoms with van der Waals surface area (Å²) in [5.74, 6) is 0. The van der Waals surface area contributed by atoms with Crippen LogP contribution in [0.15, 0.2) is 18.3 Å². The largest absolute Gasteiger partial charge is 0.401 e. The second kappa shape index (κ2) is 4.28. The van der Waals surface area contributed by atoms with Gasteiger partial charge in [0.25, 0.3) is 0 Å². The number of pyridine rings is 1. The first-order chi connectivity index (χ1) is 6.49. The molecule has 0 unspecified atom stereocenters. The quantitative estimate of drug-likeness (QED) is 0.782. The van der Waals surface area contributed by atoms with Gasteiger partial charge < -0.3 is 11.1 Å². The van der Waals surface area contributed by atoms with Crippen LogP contribution < -0.4 is 11.1 Å². The summed E-state index contributed by atoms with van der Waals surface area (Å²) in [6.07, 6.45) is -2.72. The molecule has 0 radical (unpaired) electrons. The van der Waals surface area contributed by atoms with Crippen LogP contribution in [0.4, 0.5) is 18.9 Å². The number of rotatable bonds is 3. The minimum Gasteiger partial charge on any atom is -0.397 e. The maximum absolute atomic E-state index is 11.7. The Morgan fingerprint density at radius 3 is 2.71 bits per heavy atom. The smallest absolute Gasteiger partial charge is 0.397 e. The maximum Gasteiger partial charge on any atom is 0.401 e. The van der Waals surface area contributed by atoms with Crippen molar-refractivity contribution in [2.45, 2.75) is 12.7 Å². The number of nitrogens with one attached hydrogen (secondary N) is 1. The molecule has 78 valence electrons. The molecule has 0 bridgehead atoms. The molecule has 3 nitrogen and oxygen atoms in total. The third-order valence-electron chi connectivity index (χ3n) is 1.54. The highest BCUT2D eigenvalue weighted by atomic mass is 19.4. The predicted octanol–water partition coefficient (Wildman–Crippen LogP) is 1.32. The predicted molar refractivity (Wildman–Crippen MR) is 46.4 cm³/mol. The van der Waals surface area contributed by atoms with Gasteiger partial charge in [-0.3, -0.25) is 4.98 Å². The number of halogens is 3. The fourth-order valence-electron chi connectivity index (χ4n) is 0.921. The van der Waals surface area contributed by atoms with E-state index in [2.05, 4.69) is 10.3 Å². The van der Waals surface area contributed by atoms with Crippen molar-refractivity contribution in [3.8, 4) is 0 Å². The highest BCUT2D eigenvalue weighted by Gasteiger charge is 2.26. The number of aromatic nitrogens is 1. The number of nitrogen functional groups attached to an aromatic ring is 1. The van der Waals surface area contributed by atoms with Crippen LogP contribution in [0.2, 0.25) is 0 Å². The van der Waals surface area contributed by atoms with Gasteiger partial charge in [0, 0.05) is 12.7 Å². The van der Waals surface area contributed by atoms with Crippen LogP contribution >= 0.6 is 0 Å². The van der Waals surface area contributed by atoms with Gasteiger partial charge in [-0.25, -0.2) is 0 Å². The molecule has 0 amide bonds. The molecule has 0 aliphatic carbocycles. The molecule has 0 atom stereocenters. The van der Waals surface area contributed by atoms with E-state index in [4.69, 9.17) is 5.73 Å². The summed E-state index contributed by atoms with van der Waals surface area (Å²) < 4.78 is 35.2. The van der Waals surface area contributed by atoms with Crippen molar-refractivity contribution in [2.24, 2.45) is 0 Å². The van der Waals surface area contributed by atoms with E-state index in [1.807, 2.05) is 0 Å². The van der Waals surface area contributed by atoms with E-state index in [0.717, 1.165) is 0 Å². The summed E-state index contributed by atoms with van der Waals surface area (Å²) in [7, 11) is 0. The Kier molecular flexibility index (Phi) is 3.29. The SMILES string of the molecule is Nc1cccnc1CNCC(F)(F)F. The molecule has 6 heteroatoms. The fourth-order valence-corrected chi connectivity index (χ4v) is 0.921. The van der Waals surface area contributed by atoms with Gasteiger partial charge in [-0.05, 0) is 12.1 Å². The van der Waals surface area contributed by atoms with Crippen LogP contribution in [-0.4, -0.2) is 17.7 Å². The third-order valence-corrected chi connectivity index (χ3v) is 1.54. The van der Waals surface area contributed by atoms with E-state index in [-0.39, 0.29) is 6.54 Å². The molecule has 1 rings (SSSR count). The number of nitrogens with two attached hydrogens (primary N) is 1. The van der Waals surface area contributed by atoms with Crippen molar-refractivity contribution in [2.75, 3.05) is 12.3 Å². The van der Waals surface area contributed by atoms with Crippen molar-refractivity contribution < 1.29 is 13.2 Å². The highest BCUT2D eigenvalue weighted by molar-refractivity contribution is 5.41. The van der Waals surface area contributed by atoms with Crippen molar-refractivity contribution >= 4 is 5.69 Å². The highest BCUT2D eigenvalue weighted by Crippen LogP contribution is 2.13. The molecular weight excluding hydrogens is 195 g/mol. The molecule has 1 aromatic rings. The lowest BCUT2D eigenvalue weighted by molar-refractivity contribution is -0.125. The maximum atomic E-state index is 11.7. The molecule has 0 spiro atoms. The van der Waals surface area contributed by atoms with Crippen molar-refractivity contribution in [1.82, 2.24) is 10.3 Å². The third kappa shape index (κ3) is 3.61. The zero-order valence-electron chi connectivity index (χ0n) is 7.30. The second-order valence-corrected chi connectivity index (χ2v) is 2.76. The second-order valence-electron chi connectivity index (χ2n) is 2.76. The summed E-state index contributed by atoms with van der Waals surface area (Å²) >= 11 is 0. The number of hydrogen-bond donors (Lipinski definition) is 2. The topological polar surface area (TPSA) is 50.9 Å². The Bertz CT molecular complexity index is 298. The average Bonchev–Trinajstić information content (AvgIpc) is 2.06. The van der Waals surface area contributed by atoms with Gasteiger partial charge in [-0.15, -0.1) is 0 Å². The Hall–Kier alpha value is -1.30. The first-order valence-corrected chi connectivity index (χ1v) is 3.96. The molecule has 0 saturated heterocycles. The molecule has 3 N–H and O–H groups in total. The Morgan fingerprint density at radius 2 is 2.14 bits per heavy atom. The zero-order valence-corrected chi connectivity index (χ0v) is 7.30. The van der Waals surface area contributed by atoms with E-state index in [1.54, 1.807) is 12.1 Å².